The molecule has 0 aliphatic heterocycles. The maximum absolute atomic E-state index is 13.0. The van der Waals surface area contributed by atoms with Crippen molar-refractivity contribution in [3.8, 4) is 5.75 Å². The van der Waals surface area contributed by atoms with Crippen LogP contribution in [0.4, 0.5) is 10.1 Å². The van der Waals surface area contributed by atoms with Crippen molar-refractivity contribution in [3.63, 3.8) is 0 Å². The van der Waals surface area contributed by atoms with Gasteiger partial charge in [-0.15, -0.1) is 0 Å². The highest BCUT2D eigenvalue weighted by atomic mass is 35.5. The molecule has 3 N–H and O–H groups in total. The van der Waals surface area contributed by atoms with Gasteiger partial charge in [0.2, 0.25) is 0 Å². The Labute approximate surface area is 159 Å². The van der Waals surface area contributed by atoms with Gasteiger partial charge in [-0.2, -0.15) is 0 Å². The zero-order valence-electron chi connectivity index (χ0n) is 14.2. The maximum atomic E-state index is 13.0. The number of rotatable bonds is 7. The number of halogens is 2. The van der Waals surface area contributed by atoms with E-state index in [1.165, 1.54) is 37.3 Å². The fourth-order valence-corrected chi connectivity index (χ4v) is 2.16. The molecular weight excluding hydrogens is 379 g/mol. The Morgan fingerprint density at radius 3 is 2.44 bits per heavy atom. The van der Waals surface area contributed by atoms with Gasteiger partial charge in [-0.1, -0.05) is 11.6 Å². The Hall–Kier alpha value is -3.13. The van der Waals surface area contributed by atoms with Gasteiger partial charge >= 0.3 is 5.97 Å². The summed E-state index contributed by atoms with van der Waals surface area (Å²) in [6, 6.07) is 9.25. The van der Waals surface area contributed by atoms with Crippen molar-refractivity contribution in [1.82, 2.24) is 0 Å². The SMILES string of the molecule is C[C@H](OC(=O)c1ccc(OCC(N)=O)cc1)C(=O)Nc1ccc(F)cc1Cl. The highest BCUT2D eigenvalue weighted by molar-refractivity contribution is 6.33. The quantitative estimate of drug-likeness (QED) is 0.701. The average molecular weight is 395 g/mol. The Morgan fingerprint density at radius 2 is 1.85 bits per heavy atom. The topological polar surface area (TPSA) is 108 Å². The smallest absolute Gasteiger partial charge is 0.338 e. The summed E-state index contributed by atoms with van der Waals surface area (Å²) in [6.45, 7) is 1.10. The maximum Gasteiger partial charge on any atom is 0.338 e. The van der Waals surface area contributed by atoms with Crippen LogP contribution in [0.3, 0.4) is 0 Å². The van der Waals surface area contributed by atoms with E-state index in [-0.39, 0.29) is 22.9 Å². The van der Waals surface area contributed by atoms with Crippen LogP contribution in [-0.4, -0.2) is 30.5 Å². The number of hydrogen-bond donors (Lipinski definition) is 2. The highest BCUT2D eigenvalue weighted by Crippen LogP contribution is 2.22. The van der Waals surface area contributed by atoms with Gasteiger partial charge in [-0.25, -0.2) is 9.18 Å². The van der Waals surface area contributed by atoms with E-state index in [4.69, 9.17) is 26.8 Å². The molecule has 0 fully saturated rings. The molecule has 0 aliphatic carbocycles. The van der Waals surface area contributed by atoms with E-state index in [2.05, 4.69) is 5.32 Å². The molecule has 0 spiro atoms. The standard InChI is InChI=1S/C18H16ClFN2O5/c1-10(17(24)22-15-7-4-12(20)8-14(15)19)27-18(25)11-2-5-13(6-3-11)26-9-16(21)23/h2-8,10H,9H2,1H3,(H2,21,23)(H,22,24)/t10-/m0/s1. The summed E-state index contributed by atoms with van der Waals surface area (Å²) in [5.41, 5.74) is 5.35. The Morgan fingerprint density at radius 1 is 1.19 bits per heavy atom. The van der Waals surface area contributed by atoms with Crippen molar-refractivity contribution >= 4 is 35.1 Å². The van der Waals surface area contributed by atoms with E-state index in [0.717, 1.165) is 12.1 Å². The van der Waals surface area contributed by atoms with Crippen molar-refractivity contribution in [2.75, 3.05) is 11.9 Å². The summed E-state index contributed by atoms with van der Waals surface area (Å²) in [5, 5.41) is 2.47. The van der Waals surface area contributed by atoms with Gasteiger partial charge in [0.1, 0.15) is 11.6 Å². The Balaban J connectivity index is 1.93. The zero-order chi connectivity index (χ0) is 20.0. The van der Waals surface area contributed by atoms with Gasteiger partial charge in [0, 0.05) is 0 Å². The number of carbonyl (C=O) groups excluding carboxylic acids is 3. The summed E-state index contributed by atoms with van der Waals surface area (Å²) in [6.07, 6.45) is -1.12. The third-order valence-corrected chi connectivity index (χ3v) is 3.63. The lowest BCUT2D eigenvalue weighted by Gasteiger charge is -2.14. The second-order valence-electron chi connectivity index (χ2n) is 5.44. The van der Waals surface area contributed by atoms with Crippen LogP contribution in [-0.2, 0) is 14.3 Å². The number of esters is 1. The Kier molecular flexibility index (Phi) is 6.73. The molecule has 0 aromatic heterocycles. The number of hydrogen-bond acceptors (Lipinski definition) is 5. The first kappa shape index (κ1) is 20.2. The first-order valence-electron chi connectivity index (χ1n) is 7.74. The summed E-state index contributed by atoms with van der Waals surface area (Å²) < 4.78 is 23.2. The molecule has 7 nitrogen and oxygen atoms in total. The molecule has 2 aromatic carbocycles. The fraction of sp³-hybridized carbons (Fsp3) is 0.167. The van der Waals surface area contributed by atoms with E-state index in [1.54, 1.807) is 0 Å². The van der Waals surface area contributed by atoms with Crippen molar-refractivity contribution in [3.05, 3.63) is 58.9 Å². The molecule has 27 heavy (non-hydrogen) atoms. The number of ether oxygens (including phenoxy) is 2. The molecule has 0 bridgehead atoms. The highest BCUT2D eigenvalue weighted by Gasteiger charge is 2.20. The van der Waals surface area contributed by atoms with Crippen LogP contribution < -0.4 is 15.8 Å². The molecule has 0 radical (unpaired) electrons. The summed E-state index contributed by atoms with van der Waals surface area (Å²) in [4.78, 5) is 34.9. The van der Waals surface area contributed by atoms with Crippen LogP contribution in [0.5, 0.6) is 5.75 Å². The van der Waals surface area contributed by atoms with Crippen molar-refractivity contribution < 1.29 is 28.2 Å². The molecule has 0 aliphatic rings. The van der Waals surface area contributed by atoms with Crippen LogP contribution in [0.15, 0.2) is 42.5 Å². The zero-order valence-corrected chi connectivity index (χ0v) is 15.0. The first-order chi connectivity index (χ1) is 12.8. The third kappa shape index (κ3) is 5.96. The number of amides is 2. The van der Waals surface area contributed by atoms with E-state index in [1.807, 2.05) is 0 Å². The lowest BCUT2D eigenvalue weighted by Crippen LogP contribution is -2.30. The van der Waals surface area contributed by atoms with E-state index in [0.29, 0.717) is 5.75 Å². The molecule has 9 heteroatoms. The van der Waals surface area contributed by atoms with Gasteiger partial charge in [0.05, 0.1) is 16.3 Å². The first-order valence-corrected chi connectivity index (χ1v) is 8.12. The predicted octanol–water partition coefficient (Wildman–Crippen LogP) is 2.53. The van der Waals surface area contributed by atoms with Crippen molar-refractivity contribution in [2.24, 2.45) is 5.73 Å². The van der Waals surface area contributed by atoms with Gasteiger partial charge in [-0.05, 0) is 49.4 Å². The van der Waals surface area contributed by atoms with Crippen LogP contribution >= 0.6 is 11.6 Å². The minimum Gasteiger partial charge on any atom is -0.484 e. The van der Waals surface area contributed by atoms with Crippen molar-refractivity contribution in [2.45, 2.75) is 13.0 Å². The molecule has 2 aromatic rings. The van der Waals surface area contributed by atoms with Gasteiger partial charge in [0.15, 0.2) is 12.7 Å². The number of anilines is 1. The minimum absolute atomic E-state index is 0.0217. The second kappa shape index (κ2) is 9.00. The largest absolute Gasteiger partial charge is 0.484 e. The molecule has 2 amide bonds. The summed E-state index contributed by atoms with van der Waals surface area (Å²) in [5.74, 6) is -2.18. The monoisotopic (exact) mass is 394 g/mol. The second-order valence-corrected chi connectivity index (χ2v) is 5.85. The molecular formula is C18H16ClFN2O5. The van der Waals surface area contributed by atoms with E-state index >= 15 is 0 Å². The number of carbonyl (C=O) groups is 3. The fourth-order valence-electron chi connectivity index (χ4n) is 1.95. The van der Waals surface area contributed by atoms with Gasteiger partial charge < -0.3 is 20.5 Å². The molecule has 0 saturated heterocycles. The van der Waals surface area contributed by atoms with Crippen LogP contribution in [0.1, 0.15) is 17.3 Å². The molecule has 1 atom stereocenters. The van der Waals surface area contributed by atoms with Crippen molar-refractivity contribution in [1.29, 1.82) is 0 Å². The normalized spacial score (nSPS) is 11.4. The van der Waals surface area contributed by atoms with Crippen LogP contribution in [0.2, 0.25) is 5.02 Å². The third-order valence-electron chi connectivity index (χ3n) is 3.31. The summed E-state index contributed by atoms with van der Waals surface area (Å²) in [7, 11) is 0. The van der Waals surface area contributed by atoms with E-state index < -0.39 is 29.7 Å². The number of nitrogens with two attached hydrogens (primary N) is 1. The van der Waals surface area contributed by atoms with Gasteiger partial charge in [-0.3, -0.25) is 9.59 Å². The number of nitrogens with one attached hydrogen (secondary N) is 1. The van der Waals surface area contributed by atoms with E-state index in [9.17, 15) is 18.8 Å². The Bertz CT molecular complexity index is 857. The molecule has 0 saturated carbocycles. The molecule has 142 valence electrons. The number of primary amides is 1. The lowest BCUT2D eigenvalue weighted by atomic mass is 10.2. The van der Waals surface area contributed by atoms with Gasteiger partial charge in [0.25, 0.3) is 11.8 Å². The van der Waals surface area contributed by atoms with Crippen LogP contribution in [0.25, 0.3) is 0 Å². The lowest BCUT2D eigenvalue weighted by molar-refractivity contribution is -0.123. The van der Waals surface area contributed by atoms with Crippen LogP contribution in [0, 0.1) is 5.82 Å². The average Bonchev–Trinajstić information content (AvgIpc) is 2.62. The summed E-state index contributed by atoms with van der Waals surface area (Å²) >= 11 is 5.84. The number of benzene rings is 2. The minimum atomic E-state index is -1.12. The predicted molar refractivity (Wildman–Crippen MR) is 96.0 cm³/mol. The molecule has 2 rings (SSSR count). The molecule has 0 unspecified atom stereocenters. The molecule has 0 heterocycles.